The number of hydrogen-bond donors (Lipinski definition) is 2. The SMILES string of the molecule is CC.CC.O=C(O)c1ccc(-c2ccc(O)cc2)cc1. The molecule has 0 fully saturated rings. The van der Waals surface area contributed by atoms with E-state index in [0.29, 0.717) is 0 Å². The summed E-state index contributed by atoms with van der Waals surface area (Å²) in [5, 5.41) is 17.9. The van der Waals surface area contributed by atoms with Gasteiger partial charge in [0.25, 0.3) is 0 Å². The van der Waals surface area contributed by atoms with E-state index in [2.05, 4.69) is 0 Å². The van der Waals surface area contributed by atoms with Crippen molar-refractivity contribution >= 4 is 5.97 Å². The van der Waals surface area contributed by atoms with Crippen LogP contribution in [-0.4, -0.2) is 16.2 Å². The van der Waals surface area contributed by atoms with Crippen LogP contribution in [0.2, 0.25) is 0 Å². The van der Waals surface area contributed by atoms with Gasteiger partial charge < -0.3 is 10.2 Å². The Morgan fingerprint density at radius 3 is 1.45 bits per heavy atom. The lowest BCUT2D eigenvalue weighted by atomic mass is 10.0. The van der Waals surface area contributed by atoms with E-state index >= 15 is 0 Å². The fraction of sp³-hybridized carbons (Fsp3) is 0.235. The van der Waals surface area contributed by atoms with Crippen LogP contribution in [0.15, 0.2) is 48.5 Å². The van der Waals surface area contributed by atoms with Gasteiger partial charge in [-0.25, -0.2) is 4.79 Å². The average molecular weight is 274 g/mol. The summed E-state index contributed by atoms with van der Waals surface area (Å²) in [5.41, 5.74) is 2.13. The molecule has 3 nitrogen and oxygen atoms in total. The van der Waals surface area contributed by atoms with Crippen LogP contribution >= 0.6 is 0 Å². The standard InChI is InChI=1S/C13H10O3.2C2H6/c14-12-7-5-10(6-8-12)9-1-3-11(4-2-9)13(15)16;2*1-2/h1-8,14H,(H,15,16);2*1-2H3. The Morgan fingerprint density at radius 2 is 1.10 bits per heavy atom. The molecule has 0 radical (unpaired) electrons. The summed E-state index contributed by atoms with van der Waals surface area (Å²) in [7, 11) is 0. The number of carbonyl (C=O) groups is 1. The maximum atomic E-state index is 10.7. The summed E-state index contributed by atoms with van der Waals surface area (Å²) in [6, 6.07) is 13.4. The molecule has 3 heteroatoms. The summed E-state index contributed by atoms with van der Waals surface area (Å²) >= 11 is 0. The summed E-state index contributed by atoms with van der Waals surface area (Å²) in [6.45, 7) is 8.00. The summed E-state index contributed by atoms with van der Waals surface area (Å²) in [4.78, 5) is 10.7. The number of carboxylic acid groups (broad SMARTS) is 1. The number of benzene rings is 2. The quantitative estimate of drug-likeness (QED) is 0.826. The average Bonchev–Trinajstić information content (AvgIpc) is 2.52. The lowest BCUT2D eigenvalue weighted by molar-refractivity contribution is 0.0697. The van der Waals surface area contributed by atoms with E-state index in [-0.39, 0.29) is 11.3 Å². The van der Waals surface area contributed by atoms with E-state index in [1.165, 1.54) is 0 Å². The van der Waals surface area contributed by atoms with Crippen molar-refractivity contribution in [2.75, 3.05) is 0 Å². The maximum absolute atomic E-state index is 10.7. The zero-order valence-corrected chi connectivity index (χ0v) is 12.4. The highest BCUT2D eigenvalue weighted by Crippen LogP contribution is 2.22. The molecule has 0 aromatic heterocycles. The first-order chi connectivity index (χ1) is 9.66. The molecule has 0 spiro atoms. The molecule has 0 unspecified atom stereocenters. The molecule has 0 bridgehead atoms. The Kier molecular flexibility index (Phi) is 8.51. The van der Waals surface area contributed by atoms with Gasteiger partial charge in [-0.05, 0) is 35.4 Å². The van der Waals surface area contributed by atoms with Crippen molar-refractivity contribution in [1.82, 2.24) is 0 Å². The molecular formula is C17H22O3. The van der Waals surface area contributed by atoms with Crippen molar-refractivity contribution in [1.29, 1.82) is 0 Å². The number of phenols is 1. The zero-order valence-electron chi connectivity index (χ0n) is 12.4. The molecule has 0 aliphatic heterocycles. The third-order valence-electron chi connectivity index (χ3n) is 2.33. The van der Waals surface area contributed by atoms with Crippen LogP contribution in [0.3, 0.4) is 0 Å². The van der Waals surface area contributed by atoms with Crippen molar-refractivity contribution in [3.8, 4) is 16.9 Å². The molecule has 20 heavy (non-hydrogen) atoms. The highest BCUT2D eigenvalue weighted by molar-refractivity contribution is 5.88. The molecule has 0 saturated carbocycles. The van der Waals surface area contributed by atoms with Crippen LogP contribution in [0.25, 0.3) is 11.1 Å². The van der Waals surface area contributed by atoms with Gasteiger partial charge in [0.1, 0.15) is 5.75 Å². The molecule has 2 N–H and O–H groups in total. The lowest BCUT2D eigenvalue weighted by Crippen LogP contribution is -1.94. The highest BCUT2D eigenvalue weighted by Gasteiger charge is 2.02. The third-order valence-corrected chi connectivity index (χ3v) is 2.33. The lowest BCUT2D eigenvalue weighted by Gasteiger charge is -2.02. The minimum Gasteiger partial charge on any atom is -0.508 e. The first kappa shape index (κ1) is 17.7. The molecule has 2 aromatic rings. The van der Waals surface area contributed by atoms with Crippen molar-refractivity contribution in [2.45, 2.75) is 27.7 Å². The second kappa shape index (κ2) is 9.62. The van der Waals surface area contributed by atoms with Crippen LogP contribution in [-0.2, 0) is 0 Å². The molecular weight excluding hydrogens is 252 g/mol. The Hall–Kier alpha value is -2.29. The molecule has 2 aromatic carbocycles. The van der Waals surface area contributed by atoms with E-state index in [1.807, 2.05) is 27.7 Å². The van der Waals surface area contributed by atoms with E-state index in [0.717, 1.165) is 11.1 Å². The number of aromatic carboxylic acids is 1. The van der Waals surface area contributed by atoms with Gasteiger partial charge in [-0.15, -0.1) is 0 Å². The first-order valence-corrected chi connectivity index (χ1v) is 6.79. The Balaban J connectivity index is 0.000000829. The van der Waals surface area contributed by atoms with Crippen LogP contribution in [0, 0.1) is 0 Å². The summed E-state index contributed by atoms with van der Waals surface area (Å²) in [6.07, 6.45) is 0. The van der Waals surface area contributed by atoms with Crippen LogP contribution < -0.4 is 0 Å². The van der Waals surface area contributed by atoms with Gasteiger partial charge in [-0.1, -0.05) is 52.0 Å². The molecule has 0 aliphatic carbocycles. The van der Waals surface area contributed by atoms with Gasteiger partial charge in [0.2, 0.25) is 0 Å². The van der Waals surface area contributed by atoms with E-state index in [4.69, 9.17) is 10.2 Å². The van der Waals surface area contributed by atoms with E-state index < -0.39 is 5.97 Å². The Morgan fingerprint density at radius 1 is 0.750 bits per heavy atom. The fourth-order valence-electron chi connectivity index (χ4n) is 1.46. The predicted molar refractivity (Wildman–Crippen MR) is 83.2 cm³/mol. The van der Waals surface area contributed by atoms with E-state index in [9.17, 15) is 4.79 Å². The van der Waals surface area contributed by atoms with Gasteiger partial charge in [0.15, 0.2) is 0 Å². The molecule has 2 rings (SSSR count). The minimum atomic E-state index is -0.933. The van der Waals surface area contributed by atoms with Crippen LogP contribution in [0.1, 0.15) is 38.1 Å². The third kappa shape index (κ3) is 5.14. The van der Waals surface area contributed by atoms with Crippen molar-refractivity contribution < 1.29 is 15.0 Å². The maximum Gasteiger partial charge on any atom is 0.335 e. The van der Waals surface area contributed by atoms with Gasteiger partial charge in [0, 0.05) is 0 Å². The minimum absolute atomic E-state index is 0.214. The number of phenolic OH excluding ortho intramolecular Hbond substituents is 1. The van der Waals surface area contributed by atoms with Gasteiger partial charge in [-0.3, -0.25) is 0 Å². The van der Waals surface area contributed by atoms with Gasteiger partial charge >= 0.3 is 5.97 Å². The van der Waals surface area contributed by atoms with Gasteiger partial charge in [-0.2, -0.15) is 0 Å². The molecule has 0 amide bonds. The highest BCUT2D eigenvalue weighted by atomic mass is 16.4. The van der Waals surface area contributed by atoms with Crippen LogP contribution in [0.5, 0.6) is 5.75 Å². The Labute approximate surface area is 120 Å². The molecule has 0 saturated heterocycles. The monoisotopic (exact) mass is 274 g/mol. The number of hydrogen-bond acceptors (Lipinski definition) is 2. The van der Waals surface area contributed by atoms with Crippen LogP contribution in [0.4, 0.5) is 0 Å². The fourth-order valence-corrected chi connectivity index (χ4v) is 1.46. The van der Waals surface area contributed by atoms with Crippen molar-refractivity contribution in [3.63, 3.8) is 0 Å². The topological polar surface area (TPSA) is 57.5 Å². The molecule has 0 aliphatic rings. The first-order valence-electron chi connectivity index (χ1n) is 6.79. The normalized spacial score (nSPS) is 8.60. The summed E-state index contributed by atoms with van der Waals surface area (Å²) < 4.78 is 0. The Bertz CT molecular complexity index is 499. The zero-order chi connectivity index (χ0) is 15.5. The second-order valence-corrected chi connectivity index (χ2v) is 3.43. The van der Waals surface area contributed by atoms with Crippen molar-refractivity contribution in [2.24, 2.45) is 0 Å². The number of carboxylic acids is 1. The molecule has 108 valence electrons. The predicted octanol–water partition coefficient (Wildman–Crippen LogP) is 4.81. The second-order valence-electron chi connectivity index (χ2n) is 3.43. The van der Waals surface area contributed by atoms with E-state index in [1.54, 1.807) is 48.5 Å². The van der Waals surface area contributed by atoms with Crippen molar-refractivity contribution in [3.05, 3.63) is 54.1 Å². The molecule has 0 heterocycles. The smallest absolute Gasteiger partial charge is 0.335 e. The number of aromatic hydroxyl groups is 1. The number of rotatable bonds is 2. The largest absolute Gasteiger partial charge is 0.508 e. The van der Waals surface area contributed by atoms with Gasteiger partial charge in [0.05, 0.1) is 5.56 Å². The molecule has 0 atom stereocenters. The summed E-state index contributed by atoms with van der Waals surface area (Å²) in [5.74, 6) is -0.719.